The molecule has 0 fully saturated rings. The minimum Gasteiger partial charge on any atom is -0.422 e. The number of aromatic nitrogens is 4. The highest BCUT2D eigenvalue weighted by Crippen LogP contribution is 2.41. The smallest absolute Gasteiger partial charge is 0.345 e. The molecule has 0 saturated heterocycles. The number of benzene rings is 2. The SMILES string of the molecule is Cc1ccc(Oc2nnnn2-c2ccccc2)c2c1[C@H](C)CC2=O. The number of Topliss-reactive ketones (excluding diaryl/α,β-unsaturated/α-hetero) is 1. The van der Waals surface area contributed by atoms with Gasteiger partial charge < -0.3 is 4.74 Å². The zero-order valence-electron chi connectivity index (χ0n) is 13.4. The second-order valence-electron chi connectivity index (χ2n) is 6.01. The number of nitrogens with zero attached hydrogens (tertiary/aromatic N) is 4. The molecular weight excluding hydrogens is 304 g/mol. The molecule has 6 heteroatoms. The van der Waals surface area contributed by atoms with Gasteiger partial charge in [-0.1, -0.05) is 36.3 Å². The number of para-hydroxylation sites is 1. The highest BCUT2D eigenvalue weighted by molar-refractivity contribution is 6.04. The molecule has 0 amide bonds. The number of hydrogen-bond donors (Lipinski definition) is 0. The van der Waals surface area contributed by atoms with Crippen molar-refractivity contribution in [2.45, 2.75) is 26.2 Å². The van der Waals surface area contributed by atoms with Crippen LogP contribution in [0.3, 0.4) is 0 Å². The highest BCUT2D eigenvalue weighted by atomic mass is 16.5. The van der Waals surface area contributed by atoms with Gasteiger partial charge in [0.15, 0.2) is 5.78 Å². The first-order chi connectivity index (χ1) is 11.6. The second-order valence-corrected chi connectivity index (χ2v) is 6.01. The average molecular weight is 320 g/mol. The quantitative estimate of drug-likeness (QED) is 0.739. The summed E-state index contributed by atoms with van der Waals surface area (Å²) in [5.41, 5.74) is 3.63. The predicted molar refractivity (Wildman–Crippen MR) is 87.8 cm³/mol. The number of hydrogen-bond acceptors (Lipinski definition) is 5. The Bertz CT molecular complexity index is 918. The van der Waals surface area contributed by atoms with Crippen LogP contribution in [0.2, 0.25) is 0 Å². The molecule has 1 aromatic heterocycles. The first-order valence-corrected chi connectivity index (χ1v) is 7.83. The molecule has 6 nitrogen and oxygen atoms in total. The number of rotatable bonds is 3. The number of aryl methyl sites for hydroxylation is 1. The van der Waals surface area contributed by atoms with Crippen LogP contribution in [-0.4, -0.2) is 26.0 Å². The van der Waals surface area contributed by atoms with Gasteiger partial charge in [0, 0.05) is 6.42 Å². The van der Waals surface area contributed by atoms with Gasteiger partial charge in [0.1, 0.15) is 5.75 Å². The zero-order valence-corrected chi connectivity index (χ0v) is 13.4. The Morgan fingerprint density at radius 1 is 1.17 bits per heavy atom. The lowest BCUT2D eigenvalue weighted by Gasteiger charge is -2.12. The number of fused-ring (bicyclic) bond motifs is 1. The Morgan fingerprint density at radius 3 is 2.75 bits per heavy atom. The maximum atomic E-state index is 12.4. The van der Waals surface area contributed by atoms with Gasteiger partial charge in [-0.05, 0) is 52.6 Å². The van der Waals surface area contributed by atoms with Gasteiger partial charge in [0.05, 0.1) is 11.3 Å². The van der Waals surface area contributed by atoms with Crippen LogP contribution >= 0.6 is 0 Å². The molecule has 120 valence electrons. The summed E-state index contributed by atoms with van der Waals surface area (Å²) in [5.74, 6) is 0.827. The summed E-state index contributed by atoms with van der Waals surface area (Å²) in [7, 11) is 0. The second kappa shape index (κ2) is 5.56. The van der Waals surface area contributed by atoms with E-state index in [2.05, 4.69) is 22.4 Å². The normalized spacial score (nSPS) is 16.2. The molecule has 0 spiro atoms. The van der Waals surface area contributed by atoms with E-state index in [0.717, 1.165) is 16.8 Å². The molecule has 0 radical (unpaired) electrons. The molecule has 1 heterocycles. The van der Waals surface area contributed by atoms with E-state index in [-0.39, 0.29) is 17.7 Å². The van der Waals surface area contributed by atoms with Crippen LogP contribution in [0.5, 0.6) is 11.8 Å². The Hall–Kier alpha value is -3.02. The molecular formula is C18H16N4O2. The summed E-state index contributed by atoms with van der Waals surface area (Å²) in [6.45, 7) is 4.08. The van der Waals surface area contributed by atoms with E-state index < -0.39 is 0 Å². The van der Waals surface area contributed by atoms with Crippen molar-refractivity contribution < 1.29 is 9.53 Å². The Kier molecular flexibility index (Phi) is 3.37. The summed E-state index contributed by atoms with van der Waals surface area (Å²) < 4.78 is 7.44. The first-order valence-electron chi connectivity index (χ1n) is 7.83. The summed E-state index contributed by atoms with van der Waals surface area (Å²) in [6.07, 6.45) is 0.514. The van der Waals surface area contributed by atoms with Gasteiger partial charge in [-0.25, -0.2) is 0 Å². The van der Waals surface area contributed by atoms with E-state index in [1.807, 2.05) is 49.4 Å². The third kappa shape index (κ3) is 2.27. The Morgan fingerprint density at radius 2 is 1.96 bits per heavy atom. The van der Waals surface area contributed by atoms with Crippen LogP contribution < -0.4 is 4.74 Å². The van der Waals surface area contributed by atoms with Crippen LogP contribution in [-0.2, 0) is 0 Å². The van der Waals surface area contributed by atoms with E-state index in [9.17, 15) is 4.79 Å². The fourth-order valence-electron chi connectivity index (χ4n) is 3.27. The van der Waals surface area contributed by atoms with Crippen molar-refractivity contribution in [3.05, 3.63) is 59.2 Å². The fraction of sp³-hybridized carbons (Fsp3) is 0.222. The molecule has 0 unspecified atom stereocenters. The van der Waals surface area contributed by atoms with E-state index >= 15 is 0 Å². The van der Waals surface area contributed by atoms with E-state index in [1.54, 1.807) is 0 Å². The summed E-state index contributed by atoms with van der Waals surface area (Å²) in [5, 5.41) is 11.6. The third-order valence-electron chi connectivity index (χ3n) is 4.33. The van der Waals surface area contributed by atoms with Crippen molar-refractivity contribution >= 4 is 5.78 Å². The largest absolute Gasteiger partial charge is 0.422 e. The summed E-state index contributed by atoms with van der Waals surface area (Å²) >= 11 is 0. The maximum Gasteiger partial charge on any atom is 0.345 e. The Balaban J connectivity index is 1.77. The molecule has 1 aliphatic carbocycles. The maximum absolute atomic E-state index is 12.4. The molecule has 1 aliphatic rings. The lowest BCUT2D eigenvalue weighted by Crippen LogP contribution is -2.03. The molecule has 0 bridgehead atoms. The molecule has 1 atom stereocenters. The average Bonchev–Trinajstić information content (AvgIpc) is 3.16. The van der Waals surface area contributed by atoms with Crippen LogP contribution in [0.15, 0.2) is 42.5 Å². The number of ether oxygens (including phenoxy) is 1. The summed E-state index contributed by atoms with van der Waals surface area (Å²) in [6, 6.07) is 13.5. The van der Waals surface area contributed by atoms with Gasteiger partial charge in [0.2, 0.25) is 0 Å². The summed E-state index contributed by atoms with van der Waals surface area (Å²) in [4.78, 5) is 12.4. The molecule has 3 aromatic rings. The van der Waals surface area contributed by atoms with Gasteiger partial charge in [-0.2, -0.15) is 4.68 Å². The molecule has 2 aromatic carbocycles. The topological polar surface area (TPSA) is 69.9 Å². The van der Waals surface area contributed by atoms with Crippen molar-refractivity contribution in [1.29, 1.82) is 0 Å². The van der Waals surface area contributed by atoms with Gasteiger partial charge >= 0.3 is 6.01 Å². The van der Waals surface area contributed by atoms with Crippen LogP contribution in [0, 0.1) is 6.92 Å². The number of carbonyl (C=O) groups excluding carboxylic acids is 1. The van der Waals surface area contributed by atoms with Crippen molar-refractivity contribution in [3.8, 4) is 17.4 Å². The van der Waals surface area contributed by atoms with Crippen molar-refractivity contribution in [2.24, 2.45) is 0 Å². The van der Waals surface area contributed by atoms with E-state index in [1.165, 1.54) is 4.68 Å². The van der Waals surface area contributed by atoms with Crippen molar-refractivity contribution in [1.82, 2.24) is 20.2 Å². The number of ketones is 1. The van der Waals surface area contributed by atoms with E-state index in [4.69, 9.17) is 4.74 Å². The molecule has 4 rings (SSSR count). The monoisotopic (exact) mass is 320 g/mol. The molecule has 24 heavy (non-hydrogen) atoms. The standard InChI is InChI=1S/C18H16N4O2/c1-11-8-9-15(17-14(23)10-12(2)16(11)17)24-18-19-20-21-22(18)13-6-4-3-5-7-13/h3-9,12H,10H2,1-2H3/t12-/m1/s1. The minimum absolute atomic E-state index is 0.106. The van der Waals surface area contributed by atoms with Gasteiger partial charge in [-0.3, -0.25) is 4.79 Å². The van der Waals surface area contributed by atoms with Crippen LogP contribution in [0.1, 0.15) is 40.7 Å². The lowest BCUT2D eigenvalue weighted by molar-refractivity contribution is 0.0988. The van der Waals surface area contributed by atoms with Gasteiger partial charge in [-0.15, -0.1) is 0 Å². The van der Waals surface area contributed by atoms with Crippen molar-refractivity contribution in [2.75, 3.05) is 0 Å². The van der Waals surface area contributed by atoms with Crippen LogP contribution in [0.25, 0.3) is 5.69 Å². The highest BCUT2D eigenvalue weighted by Gasteiger charge is 2.31. The third-order valence-corrected chi connectivity index (χ3v) is 4.33. The van der Waals surface area contributed by atoms with Crippen molar-refractivity contribution in [3.63, 3.8) is 0 Å². The minimum atomic E-state index is 0.106. The molecule has 0 saturated carbocycles. The fourth-order valence-corrected chi connectivity index (χ4v) is 3.27. The molecule has 0 aliphatic heterocycles. The van der Waals surface area contributed by atoms with Gasteiger partial charge in [0.25, 0.3) is 0 Å². The van der Waals surface area contributed by atoms with Crippen LogP contribution in [0.4, 0.5) is 0 Å². The Labute approximate surface area is 139 Å². The number of carbonyl (C=O) groups is 1. The molecule has 0 N–H and O–H groups in total. The number of tetrazole rings is 1. The zero-order chi connectivity index (χ0) is 16.7. The van der Waals surface area contributed by atoms with E-state index in [0.29, 0.717) is 17.7 Å². The first kappa shape index (κ1) is 14.6. The lowest BCUT2D eigenvalue weighted by atomic mass is 9.98. The predicted octanol–water partition coefficient (Wildman–Crippen LogP) is 3.45.